The third kappa shape index (κ3) is 3.46. The van der Waals surface area contributed by atoms with Gasteiger partial charge >= 0.3 is 5.97 Å². The molecule has 0 aliphatic heterocycles. The molecule has 5 heteroatoms. The Morgan fingerprint density at radius 1 is 1.17 bits per heavy atom. The van der Waals surface area contributed by atoms with Crippen LogP contribution in [0.1, 0.15) is 21.6 Å². The van der Waals surface area contributed by atoms with Crippen LogP contribution in [0.15, 0.2) is 70.3 Å². The van der Waals surface area contributed by atoms with Crippen molar-refractivity contribution in [1.29, 1.82) is 0 Å². The normalized spacial score (nSPS) is 11.1. The van der Waals surface area contributed by atoms with Crippen LogP contribution in [0.2, 0.25) is 0 Å². The molecule has 3 rings (SSSR count). The van der Waals surface area contributed by atoms with E-state index in [9.17, 15) is 4.79 Å². The number of halogens is 1. The summed E-state index contributed by atoms with van der Waals surface area (Å²) in [6.45, 7) is 2.01. The van der Waals surface area contributed by atoms with Gasteiger partial charge in [-0.15, -0.1) is 0 Å². The Kier molecular flexibility index (Phi) is 4.62. The highest BCUT2D eigenvalue weighted by Gasteiger charge is 2.06. The van der Waals surface area contributed by atoms with Gasteiger partial charge in [0, 0.05) is 16.4 Å². The van der Waals surface area contributed by atoms with Gasteiger partial charge in [0.1, 0.15) is 0 Å². The van der Waals surface area contributed by atoms with E-state index in [1.807, 2.05) is 54.1 Å². The van der Waals surface area contributed by atoms with E-state index in [0.717, 1.165) is 27.1 Å². The Hall–Kier alpha value is -2.66. The van der Waals surface area contributed by atoms with Crippen LogP contribution in [-0.2, 0) is 0 Å². The van der Waals surface area contributed by atoms with Crippen LogP contribution in [0.4, 0.5) is 5.69 Å². The number of aromatic nitrogens is 1. The van der Waals surface area contributed by atoms with Crippen LogP contribution >= 0.6 is 15.9 Å². The summed E-state index contributed by atoms with van der Waals surface area (Å²) in [5.41, 5.74) is 3.89. The molecule has 24 heavy (non-hydrogen) atoms. The molecule has 3 aromatic rings. The van der Waals surface area contributed by atoms with E-state index in [1.54, 1.807) is 24.4 Å². The minimum atomic E-state index is -0.940. The highest BCUT2D eigenvalue weighted by molar-refractivity contribution is 9.10. The first-order valence-electron chi connectivity index (χ1n) is 7.36. The van der Waals surface area contributed by atoms with Crippen molar-refractivity contribution in [2.24, 2.45) is 4.99 Å². The molecule has 0 aliphatic rings. The van der Waals surface area contributed by atoms with E-state index in [-0.39, 0.29) is 5.56 Å². The molecule has 1 N–H and O–H groups in total. The summed E-state index contributed by atoms with van der Waals surface area (Å²) in [6, 6.07) is 16.6. The van der Waals surface area contributed by atoms with Crippen molar-refractivity contribution in [1.82, 2.24) is 4.57 Å². The topological polar surface area (TPSA) is 54.6 Å². The predicted molar refractivity (Wildman–Crippen MR) is 98.9 cm³/mol. The molecule has 0 saturated carbocycles. The maximum atomic E-state index is 11.1. The molecule has 1 heterocycles. The number of aryl methyl sites for hydroxylation is 1. The smallest absolute Gasteiger partial charge is 0.335 e. The van der Waals surface area contributed by atoms with Gasteiger partial charge in [-0.25, -0.2) is 4.79 Å². The molecule has 0 fully saturated rings. The quantitative estimate of drug-likeness (QED) is 0.645. The molecular formula is C19H15BrN2O2. The molecule has 0 aliphatic carbocycles. The maximum Gasteiger partial charge on any atom is 0.335 e. The van der Waals surface area contributed by atoms with Gasteiger partial charge in [0.15, 0.2) is 0 Å². The number of aliphatic imine (C=N–C) groups is 1. The lowest BCUT2D eigenvalue weighted by Crippen LogP contribution is -2.01. The average Bonchev–Trinajstić information content (AvgIpc) is 3.02. The first-order valence-corrected chi connectivity index (χ1v) is 8.15. The fraction of sp³-hybridized carbons (Fsp3) is 0.0526. The van der Waals surface area contributed by atoms with Crippen molar-refractivity contribution >= 4 is 33.8 Å². The number of rotatable bonds is 4. The third-order valence-corrected chi connectivity index (χ3v) is 4.14. The summed E-state index contributed by atoms with van der Waals surface area (Å²) in [7, 11) is 0. The molecule has 0 bridgehead atoms. The van der Waals surface area contributed by atoms with Gasteiger partial charge < -0.3 is 9.67 Å². The molecule has 120 valence electrons. The molecule has 0 spiro atoms. The number of benzene rings is 2. The maximum absolute atomic E-state index is 11.1. The summed E-state index contributed by atoms with van der Waals surface area (Å²) in [5, 5.41) is 9.14. The van der Waals surface area contributed by atoms with Crippen LogP contribution < -0.4 is 0 Å². The number of hydrogen-bond acceptors (Lipinski definition) is 2. The second-order valence-corrected chi connectivity index (χ2v) is 6.26. The first-order chi connectivity index (χ1) is 11.5. The van der Waals surface area contributed by atoms with E-state index in [2.05, 4.69) is 20.9 Å². The Morgan fingerprint density at radius 2 is 2.00 bits per heavy atom. The lowest BCUT2D eigenvalue weighted by molar-refractivity contribution is 0.0697. The van der Waals surface area contributed by atoms with Crippen molar-refractivity contribution < 1.29 is 9.90 Å². The van der Waals surface area contributed by atoms with Gasteiger partial charge in [-0.2, -0.15) is 0 Å². The fourth-order valence-electron chi connectivity index (χ4n) is 2.42. The molecule has 0 unspecified atom stereocenters. The van der Waals surface area contributed by atoms with Gasteiger partial charge in [0.2, 0.25) is 0 Å². The van der Waals surface area contributed by atoms with Gasteiger partial charge in [0.05, 0.1) is 23.2 Å². The van der Waals surface area contributed by atoms with E-state index in [0.29, 0.717) is 0 Å². The SMILES string of the molecule is Cc1cc(Br)ccc1N=Cc1cccn1-c1cccc(C(=O)O)c1. The van der Waals surface area contributed by atoms with Crippen molar-refractivity contribution in [2.45, 2.75) is 6.92 Å². The summed E-state index contributed by atoms with van der Waals surface area (Å²) in [4.78, 5) is 15.7. The van der Waals surface area contributed by atoms with Gasteiger partial charge in [-0.05, 0) is 61.0 Å². The fourth-order valence-corrected chi connectivity index (χ4v) is 2.90. The van der Waals surface area contributed by atoms with Gasteiger partial charge in [-0.1, -0.05) is 22.0 Å². The third-order valence-electron chi connectivity index (χ3n) is 3.65. The Labute approximate surface area is 148 Å². The summed E-state index contributed by atoms with van der Waals surface area (Å²) in [6.07, 6.45) is 3.67. The number of aromatic carboxylic acids is 1. The lowest BCUT2D eigenvalue weighted by Gasteiger charge is -2.07. The minimum Gasteiger partial charge on any atom is -0.478 e. The highest BCUT2D eigenvalue weighted by atomic mass is 79.9. The zero-order chi connectivity index (χ0) is 17.1. The van der Waals surface area contributed by atoms with Crippen molar-refractivity contribution in [3.05, 3.63) is 82.1 Å². The number of carboxylic acid groups (broad SMARTS) is 1. The first kappa shape index (κ1) is 16.2. The second-order valence-electron chi connectivity index (χ2n) is 5.35. The lowest BCUT2D eigenvalue weighted by atomic mass is 10.2. The molecule has 2 aromatic carbocycles. The zero-order valence-corrected chi connectivity index (χ0v) is 14.6. The largest absolute Gasteiger partial charge is 0.478 e. The van der Waals surface area contributed by atoms with Crippen LogP contribution in [-0.4, -0.2) is 21.9 Å². The van der Waals surface area contributed by atoms with Crippen LogP contribution in [0, 0.1) is 6.92 Å². The molecule has 4 nitrogen and oxygen atoms in total. The van der Waals surface area contributed by atoms with Gasteiger partial charge in [-0.3, -0.25) is 4.99 Å². The van der Waals surface area contributed by atoms with E-state index in [1.165, 1.54) is 0 Å². The Bertz CT molecular complexity index is 929. The molecule has 0 saturated heterocycles. The van der Waals surface area contributed by atoms with Crippen LogP contribution in [0.5, 0.6) is 0 Å². The minimum absolute atomic E-state index is 0.257. The van der Waals surface area contributed by atoms with E-state index >= 15 is 0 Å². The molecule has 1 aromatic heterocycles. The highest BCUT2D eigenvalue weighted by Crippen LogP contribution is 2.23. The summed E-state index contributed by atoms with van der Waals surface area (Å²) in [5.74, 6) is -0.940. The number of nitrogens with zero attached hydrogens (tertiary/aromatic N) is 2. The predicted octanol–water partition coefficient (Wildman–Crippen LogP) is 5.00. The number of carboxylic acids is 1. The average molecular weight is 383 g/mol. The van der Waals surface area contributed by atoms with E-state index < -0.39 is 5.97 Å². The molecular weight excluding hydrogens is 368 g/mol. The molecule has 0 amide bonds. The van der Waals surface area contributed by atoms with Crippen LogP contribution in [0.3, 0.4) is 0 Å². The zero-order valence-electron chi connectivity index (χ0n) is 13.0. The van der Waals surface area contributed by atoms with Crippen molar-refractivity contribution in [2.75, 3.05) is 0 Å². The standard InChI is InChI=1S/C19H15BrN2O2/c1-13-10-15(20)7-8-18(13)21-12-17-6-3-9-22(17)16-5-2-4-14(11-16)19(23)24/h2-12H,1H3,(H,23,24). The van der Waals surface area contributed by atoms with Crippen LogP contribution in [0.25, 0.3) is 5.69 Å². The monoisotopic (exact) mass is 382 g/mol. The second kappa shape index (κ2) is 6.84. The molecule has 0 atom stereocenters. The summed E-state index contributed by atoms with van der Waals surface area (Å²) >= 11 is 3.44. The molecule has 0 radical (unpaired) electrons. The Morgan fingerprint density at radius 3 is 2.75 bits per heavy atom. The number of hydrogen-bond donors (Lipinski definition) is 1. The van der Waals surface area contributed by atoms with Crippen molar-refractivity contribution in [3.63, 3.8) is 0 Å². The number of carbonyl (C=O) groups is 1. The summed E-state index contributed by atoms with van der Waals surface area (Å²) < 4.78 is 2.93. The van der Waals surface area contributed by atoms with E-state index in [4.69, 9.17) is 5.11 Å². The van der Waals surface area contributed by atoms with Crippen molar-refractivity contribution in [3.8, 4) is 5.69 Å². The Balaban J connectivity index is 1.95. The van der Waals surface area contributed by atoms with Gasteiger partial charge in [0.25, 0.3) is 0 Å².